The second kappa shape index (κ2) is 11.9. The summed E-state index contributed by atoms with van der Waals surface area (Å²) in [6.07, 6.45) is 12.3. The van der Waals surface area contributed by atoms with E-state index in [9.17, 15) is 4.79 Å². The number of aliphatic imine (C=N–C) groups is 1. The van der Waals surface area contributed by atoms with Crippen LogP contribution in [0.2, 0.25) is 0 Å². The Morgan fingerprint density at radius 2 is 1.77 bits per heavy atom. The largest absolute Gasteiger partial charge is 0.381 e. The molecule has 1 aromatic carbocycles. The number of aryl methyl sites for hydroxylation is 1. The molecule has 5 rings (SSSR count). The lowest BCUT2D eigenvalue weighted by molar-refractivity contribution is -0.138. The topological polar surface area (TPSA) is 60.4 Å². The molecule has 2 saturated carbocycles. The summed E-state index contributed by atoms with van der Waals surface area (Å²) in [7, 11) is 10.2. The lowest BCUT2D eigenvalue weighted by atomic mass is 9.61. The summed E-state index contributed by atoms with van der Waals surface area (Å²) in [5.41, 5.74) is 3.09. The van der Waals surface area contributed by atoms with Crippen molar-refractivity contribution in [1.82, 2.24) is 20.0 Å². The number of carbonyl (C=O) groups is 1. The molecule has 3 fully saturated rings. The monoisotopic (exact) mass is 537 g/mol. The van der Waals surface area contributed by atoms with Crippen LogP contribution in [0.4, 0.5) is 0 Å². The first-order valence-electron chi connectivity index (χ1n) is 15.4. The fourth-order valence-electron chi connectivity index (χ4n) is 7.35. The van der Waals surface area contributed by atoms with E-state index in [0.29, 0.717) is 6.54 Å². The minimum Gasteiger partial charge on any atom is -0.381 e. The molecule has 1 saturated heterocycles. The Kier molecular flexibility index (Phi) is 8.70. The molecule has 4 aliphatic rings. The van der Waals surface area contributed by atoms with Gasteiger partial charge in [-0.3, -0.25) is 14.7 Å². The summed E-state index contributed by atoms with van der Waals surface area (Å²) in [4.78, 5) is 26.3. The first-order valence-corrected chi connectivity index (χ1v) is 15.4. The van der Waals surface area contributed by atoms with Gasteiger partial charge >= 0.3 is 0 Å². The van der Waals surface area contributed by atoms with Gasteiger partial charge in [0.15, 0.2) is 5.54 Å². The van der Waals surface area contributed by atoms with Crippen molar-refractivity contribution in [2.75, 3.05) is 61.5 Å². The van der Waals surface area contributed by atoms with Gasteiger partial charge in [0, 0.05) is 25.6 Å². The van der Waals surface area contributed by atoms with Gasteiger partial charge in [-0.15, -0.1) is 0 Å². The Morgan fingerprint density at radius 3 is 2.44 bits per heavy atom. The highest BCUT2D eigenvalue weighted by Gasteiger charge is 2.67. The number of carbonyl (C=O) groups excluding carboxylic acids is 1. The molecule has 1 aromatic rings. The number of rotatable bonds is 12. The van der Waals surface area contributed by atoms with Crippen LogP contribution in [0.15, 0.2) is 23.2 Å². The van der Waals surface area contributed by atoms with Gasteiger partial charge in [-0.2, -0.15) is 0 Å². The molecule has 1 amide bonds. The molecule has 7 nitrogen and oxygen atoms in total. The normalized spacial score (nSPS) is 29.4. The van der Waals surface area contributed by atoms with Gasteiger partial charge < -0.3 is 19.9 Å². The first-order chi connectivity index (χ1) is 18.8. The van der Waals surface area contributed by atoms with Crippen LogP contribution >= 0.6 is 0 Å². The van der Waals surface area contributed by atoms with Gasteiger partial charge in [0.05, 0.1) is 6.10 Å². The number of methoxy groups -OCH3 is 1. The molecule has 216 valence electrons. The SMILES string of the molecule is COC1CCC2(CC1)Cc1ccc(CCC3CC3)cc1C21NC(=NCCCN(C)C)N(CCCN(C)C)C1=O. The molecule has 7 heteroatoms. The number of hydrogen-bond acceptors (Lipinski definition) is 5. The zero-order chi connectivity index (χ0) is 27.6. The van der Waals surface area contributed by atoms with Gasteiger partial charge in [-0.1, -0.05) is 31.0 Å². The molecule has 0 aromatic heterocycles. The highest BCUT2D eigenvalue weighted by atomic mass is 16.5. The number of fused-ring (bicyclic) bond motifs is 3. The maximum atomic E-state index is 14.9. The zero-order valence-electron chi connectivity index (χ0n) is 25.1. The lowest BCUT2D eigenvalue weighted by Gasteiger charge is -2.46. The van der Waals surface area contributed by atoms with E-state index in [2.05, 4.69) is 61.5 Å². The smallest absolute Gasteiger partial charge is 0.260 e. The van der Waals surface area contributed by atoms with Crippen LogP contribution in [0.25, 0.3) is 0 Å². The van der Waals surface area contributed by atoms with Crippen molar-refractivity contribution in [3.63, 3.8) is 0 Å². The molecular weight excluding hydrogens is 486 g/mol. The molecule has 0 radical (unpaired) electrons. The number of nitrogens with one attached hydrogen (secondary N) is 1. The molecule has 3 aliphatic carbocycles. The van der Waals surface area contributed by atoms with Crippen LogP contribution in [0.5, 0.6) is 0 Å². The molecule has 1 heterocycles. The minimum absolute atomic E-state index is 0.142. The Morgan fingerprint density at radius 1 is 1.05 bits per heavy atom. The van der Waals surface area contributed by atoms with Crippen LogP contribution in [-0.2, 0) is 27.9 Å². The lowest BCUT2D eigenvalue weighted by Crippen LogP contribution is -2.57. The Bertz CT molecular complexity index is 1040. The fourth-order valence-corrected chi connectivity index (χ4v) is 7.35. The molecule has 0 bridgehead atoms. The number of benzene rings is 1. The van der Waals surface area contributed by atoms with E-state index in [1.807, 2.05) is 12.0 Å². The maximum Gasteiger partial charge on any atom is 0.260 e. The fraction of sp³-hybridized carbons (Fsp3) is 0.750. The minimum atomic E-state index is -0.727. The van der Waals surface area contributed by atoms with E-state index >= 15 is 0 Å². The second-order valence-corrected chi connectivity index (χ2v) is 13.2. The van der Waals surface area contributed by atoms with E-state index in [1.165, 1.54) is 36.0 Å². The number of ether oxygens (including phenoxy) is 1. The predicted molar refractivity (Wildman–Crippen MR) is 158 cm³/mol. The van der Waals surface area contributed by atoms with Crippen molar-refractivity contribution in [3.05, 3.63) is 34.9 Å². The zero-order valence-corrected chi connectivity index (χ0v) is 25.1. The van der Waals surface area contributed by atoms with Crippen molar-refractivity contribution in [3.8, 4) is 0 Å². The summed E-state index contributed by atoms with van der Waals surface area (Å²) in [5, 5.41) is 3.90. The summed E-state index contributed by atoms with van der Waals surface area (Å²) < 4.78 is 5.78. The van der Waals surface area contributed by atoms with E-state index in [4.69, 9.17) is 9.73 Å². The quantitative estimate of drug-likeness (QED) is 0.408. The average molecular weight is 538 g/mol. The van der Waals surface area contributed by atoms with Gasteiger partial charge in [0.2, 0.25) is 5.96 Å². The Hall–Kier alpha value is -1.96. The number of hydrogen-bond donors (Lipinski definition) is 1. The highest BCUT2D eigenvalue weighted by Crippen LogP contribution is 2.60. The molecule has 1 N–H and O–H groups in total. The summed E-state index contributed by atoms with van der Waals surface area (Å²) in [6, 6.07) is 7.07. The molecule has 39 heavy (non-hydrogen) atoms. The molecule has 2 spiro atoms. The number of guanidine groups is 1. The number of amides is 1. The van der Waals surface area contributed by atoms with E-state index in [0.717, 1.165) is 82.9 Å². The summed E-state index contributed by atoms with van der Waals surface area (Å²) >= 11 is 0. The molecule has 1 unspecified atom stereocenters. The third-order valence-corrected chi connectivity index (χ3v) is 9.80. The predicted octanol–water partition coefficient (Wildman–Crippen LogP) is 4.05. The third-order valence-electron chi connectivity index (χ3n) is 9.80. The van der Waals surface area contributed by atoms with Crippen molar-refractivity contribution in [1.29, 1.82) is 0 Å². The van der Waals surface area contributed by atoms with Crippen LogP contribution in [-0.4, -0.2) is 94.1 Å². The van der Waals surface area contributed by atoms with Crippen molar-refractivity contribution >= 4 is 11.9 Å². The Balaban J connectivity index is 1.51. The summed E-state index contributed by atoms with van der Waals surface area (Å²) in [6.45, 7) is 3.37. The van der Waals surface area contributed by atoms with Crippen molar-refractivity contribution < 1.29 is 9.53 Å². The molecular formula is C32H51N5O2. The Labute approximate surface area is 236 Å². The van der Waals surface area contributed by atoms with E-state index < -0.39 is 5.54 Å². The van der Waals surface area contributed by atoms with Gasteiger partial charge in [-0.25, -0.2) is 0 Å². The first kappa shape index (κ1) is 28.6. The van der Waals surface area contributed by atoms with E-state index in [-0.39, 0.29) is 17.4 Å². The molecule has 1 aliphatic heterocycles. The molecule has 1 atom stereocenters. The van der Waals surface area contributed by atoms with Gasteiger partial charge in [0.1, 0.15) is 0 Å². The maximum absolute atomic E-state index is 14.9. The van der Waals surface area contributed by atoms with Crippen LogP contribution in [0.1, 0.15) is 74.5 Å². The van der Waals surface area contributed by atoms with Crippen molar-refractivity contribution in [2.45, 2.75) is 82.3 Å². The highest BCUT2D eigenvalue weighted by molar-refractivity contribution is 6.10. The van der Waals surface area contributed by atoms with Crippen LogP contribution in [0.3, 0.4) is 0 Å². The second-order valence-electron chi connectivity index (χ2n) is 13.2. The van der Waals surface area contributed by atoms with E-state index in [1.54, 1.807) is 0 Å². The van der Waals surface area contributed by atoms with Gasteiger partial charge in [0.25, 0.3) is 5.91 Å². The van der Waals surface area contributed by atoms with Crippen LogP contribution in [0, 0.1) is 11.3 Å². The van der Waals surface area contributed by atoms with Crippen molar-refractivity contribution in [2.24, 2.45) is 16.3 Å². The van der Waals surface area contributed by atoms with Crippen LogP contribution < -0.4 is 5.32 Å². The average Bonchev–Trinajstić information content (AvgIpc) is 3.65. The summed E-state index contributed by atoms with van der Waals surface area (Å²) in [5.74, 6) is 1.92. The third kappa shape index (κ3) is 5.77. The van der Waals surface area contributed by atoms with Gasteiger partial charge in [-0.05, 0) is 122 Å². The standard InChI is InChI=1S/C32H51N5O2/c1-35(2)19-6-18-33-30-34-32(29(38)37(30)21-7-20-36(3)4)28-22-25(11-10-24-8-9-24)12-13-26(28)23-31(32)16-14-27(39-5)15-17-31/h12-13,22,24,27H,6-11,14-21,23H2,1-5H3,(H,33,34). The number of nitrogens with zero attached hydrogens (tertiary/aromatic N) is 4.